The first-order chi connectivity index (χ1) is 5.29. The summed E-state index contributed by atoms with van der Waals surface area (Å²) in [5, 5.41) is 11.1. The predicted molar refractivity (Wildman–Crippen MR) is 47.7 cm³/mol. The van der Waals surface area contributed by atoms with Crippen LogP contribution in [0.25, 0.3) is 10.8 Å². The van der Waals surface area contributed by atoms with Gasteiger partial charge in [0.05, 0.1) is 0 Å². The lowest BCUT2D eigenvalue weighted by molar-refractivity contribution is 0.462. The fourth-order valence-corrected chi connectivity index (χ4v) is 1.59. The first-order valence-electron chi connectivity index (χ1n) is 3.23. The molecule has 0 aliphatic rings. The predicted octanol–water partition coefficient (Wildman–Crippen LogP) is 2.64. The molecule has 0 atom stereocenters. The van der Waals surface area contributed by atoms with Crippen molar-refractivity contribution in [2.75, 3.05) is 0 Å². The number of hydrogen-bond acceptors (Lipinski definition) is 1. The highest BCUT2D eigenvalue weighted by atomic mass is 79.9. The van der Waals surface area contributed by atoms with E-state index in [0.29, 0.717) is 0 Å². The molecule has 56 valence electrons. The number of benzene rings is 1. The Bertz CT molecular complexity index is 394. The van der Waals surface area contributed by atoms with E-state index in [4.69, 9.17) is 0 Å². The molecule has 0 unspecified atom stereocenters. The van der Waals surface area contributed by atoms with E-state index in [9.17, 15) is 5.11 Å². The van der Waals surface area contributed by atoms with E-state index in [1.54, 1.807) is 6.20 Å². The zero-order valence-electron chi connectivity index (χ0n) is 5.63. The first kappa shape index (κ1) is 6.73. The van der Waals surface area contributed by atoms with Crippen LogP contribution in [0.15, 0.2) is 28.9 Å². The maximum absolute atomic E-state index is 9.26. The number of aromatic amines is 1. The van der Waals surface area contributed by atoms with E-state index >= 15 is 0 Å². The molecule has 0 fully saturated rings. The third kappa shape index (κ3) is 0.922. The number of H-pyrrole nitrogens is 1. The molecule has 0 amide bonds. The Labute approximate surface area is 72.0 Å². The average molecular weight is 212 g/mol. The van der Waals surface area contributed by atoms with Crippen LogP contribution < -0.4 is 0 Å². The molecule has 11 heavy (non-hydrogen) atoms. The van der Waals surface area contributed by atoms with Crippen LogP contribution in [0.1, 0.15) is 0 Å². The summed E-state index contributed by atoms with van der Waals surface area (Å²) in [4.78, 5) is 2.74. The molecule has 1 aromatic carbocycles. The molecule has 1 heterocycles. The van der Waals surface area contributed by atoms with E-state index in [2.05, 4.69) is 20.9 Å². The maximum atomic E-state index is 9.26. The van der Waals surface area contributed by atoms with Crippen LogP contribution in [-0.2, 0) is 0 Å². The zero-order valence-corrected chi connectivity index (χ0v) is 7.22. The Morgan fingerprint density at radius 3 is 2.82 bits per heavy atom. The SMILES string of the molecule is Oc1[nH]cc2c(Br)cccc12. The molecule has 0 saturated heterocycles. The number of rotatable bonds is 0. The highest BCUT2D eigenvalue weighted by Crippen LogP contribution is 2.29. The summed E-state index contributed by atoms with van der Waals surface area (Å²) in [6.07, 6.45) is 1.77. The van der Waals surface area contributed by atoms with Crippen molar-refractivity contribution >= 4 is 26.7 Å². The number of hydrogen-bond donors (Lipinski definition) is 2. The monoisotopic (exact) mass is 211 g/mol. The van der Waals surface area contributed by atoms with Gasteiger partial charge < -0.3 is 10.1 Å². The van der Waals surface area contributed by atoms with E-state index in [1.807, 2.05) is 18.2 Å². The molecule has 3 heteroatoms. The molecule has 0 saturated carbocycles. The topological polar surface area (TPSA) is 36.0 Å². The van der Waals surface area contributed by atoms with Crippen molar-refractivity contribution in [3.05, 3.63) is 28.9 Å². The minimum atomic E-state index is 0.223. The zero-order chi connectivity index (χ0) is 7.84. The standard InChI is InChI=1S/C8H6BrNO/c9-7-3-1-2-5-6(7)4-10-8(5)11/h1-4,10-11H. The molecular weight excluding hydrogens is 206 g/mol. The van der Waals surface area contributed by atoms with Gasteiger partial charge in [0.15, 0.2) is 5.88 Å². The minimum Gasteiger partial charge on any atom is -0.494 e. The molecule has 2 aromatic rings. The van der Waals surface area contributed by atoms with E-state index in [-0.39, 0.29) is 5.88 Å². The normalized spacial score (nSPS) is 10.6. The van der Waals surface area contributed by atoms with Crippen LogP contribution in [0.3, 0.4) is 0 Å². The van der Waals surface area contributed by atoms with Gasteiger partial charge in [-0.15, -0.1) is 0 Å². The van der Waals surface area contributed by atoms with Crippen molar-refractivity contribution in [3.8, 4) is 5.88 Å². The van der Waals surface area contributed by atoms with Gasteiger partial charge in [0, 0.05) is 21.4 Å². The molecule has 0 aliphatic carbocycles. The summed E-state index contributed by atoms with van der Waals surface area (Å²) in [6, 6.07) is 5.70. The number of aromatic nitrogens is 1. The van der Waals surface area contributed by atoms with Gasteiger partial charge in [0.25, 0.3) is 0 Å². The van der Waals surface area contributed by atoms with Crippen LogP contribution in [0.4, 0.5) is 0 Å². The van der Waals surface area contributed by atoms with Gasteiger partial charge in [-0.2, -0.15) is 0 Å². The van der Waals surface area contributed by atoms with Crippen molar-refractivity contribution < 1.29 is 5.11 Å². The largest absolute Gasteiger partial charge is 0.494 e. The van der Waals surface area contributed by atoms with E-state index < -0.39 is 0 Å². The summed E-state index contributed by atoms with van der Waals surface area (Å²) in [5.41, 5.74) is 0. The summed E-state index contributed by atoms with van der Waals surface area (Å²) >= 11 is 3.38. The van der Waals surface area contributed by atoms with Gasteiger partial charge in [0.1, 0.15) is 0 Å². The maximum Gasteiger partial charge on any atom is 0.196 e. The Kier molecular flexibility index (Phi) is 1.39. The molecule has 0 bridgehead atoms. The molecule has 2 N–H and O–H groups in total. The third-order valence-electron chi connectivity index (χ3n) is 1.66. The van der Waals surface area contributed by atoms with Gasteiger partial charge >= 0.3 is 0 Å². The Hall–Kier alpha value is -0.960. The van der Waals surface area contributed by atoms with Crippen LogP contribution in [0.2, 0.25) is 0 Å². The van der Waals surface area contributed by atoms with Crippen molar-refractivity contribution in [2.24, 2.45) is 0 Å². The smallest absolute Gasteiger partial charge is 0.196 e. The van der Waals surface area contributed by atoms with Gasteiger partial charge in [-0.1, -0.05) is 22.0 Å². The van der Waals surface area contributed by atoms with Crippen molar-refractivity contribution in [1.82, 2.24) is 4.98 Å². The number of nitrogens with one attached hydrogen (secondary N) is 1. The van der Waals surface area contributed by atoms with Gasteiger partial charge in [-0.25, -0.2) is 0 Å². The summed E-state index contributed by atoms with van der Waals surface area (Å²) in [6.45, 7) is 0. The molecular formula is C8H6BrNO. The van der Waals surface area contributed by atoms with Crippen LogP contribution in [0.5, 0.6) is 5.88 Å². The minimum absolute atomic E-state index is 0.223. The van der Waals surface area contributed by atoms with Crippen molar-refractivity contribution in [1.29, 1.82) is 0 Å². The lowest BCUT2D eigenvalue weighted by atomic mass is 10.2. The lowest BCUT2D eigenvalue weighted by Crippen LogP contribution is -1.65. The number of fused-ring (bicyclic) bond motifs is 1. The Morgan fingerprint density at radius 1 is 1.27 bits per heavy atom. The van der Waals surface area contributed by atoms with Crippen LogP contribution in [-0.4, -0.2) is 10.1 Å². The first-order valence-corrected chi connectivity index (χ1v) is 4.03. The lowest BCUT2D eigenvalue weighted by Gasteiger charge is -1.91. The van der Waals surface area contributed by atoms with Gasteiger partial charge in [0.2, 0.25) is 0 Å². The fraction of sp³-hybridized carbons (Fsp3) is 0. The molecule has 2 rings (SSSR count). The molecule has 2 nitrogen and oxygen atoms in total. The molecule has 0 radical (unpaired) electrons. The average Bonchev–Trinajstić information content (AvgIpc) is 2.35. The number of aromatic hydroxyl groups is 1. The third-order valence-corrected chi connectivity index (χ3v) is 2.35. The van der Waals surface area contributed by atoms with Crippen LogP contribution in [0, 0.1) is 0 Å². The van der Waals surface area contributed by atoms with Gasteiger partial charge in [-0.3, -0.25) is 0 Å². The van der Waals surface area contributed by atoms with E-state index in [0.717, 1.165) is 15.2 Å². The molecule has 1 aromatic heterocycles. The molecule has 0 spiro atoms. The number of halogens is 1. The second-order valence-electron chi connectivity index (χ2n) is 2.34. The highest BCUT2D eigenvalue weighted by Gasteiger charge is 2.02. The van der Waals surface area contributed by atoms with Gasteiger partial charge in [-0.05, 0) is 12.1 Å². The Balaban J connectivity index is 2.94. The molecule has 0 aliphatic heterocycles. The summed E-state index contributed by atoms with van der Waals surface area (Å²) in [5.74, 6) is 0.223. The van der Waals surface area contributed by atoms with Crippen molar-refractivity contribution in [3.63, 3.8) is 0 Å². The van der Waals surface area contributed by atoms with E-state index in [1.165, 1.54) is 0 Å². The quantitative estimate of drug-likeness (QED) is 0.691. The highest BCUT2D eigenvalue weighted by molar-refractivity contribution is 9.10. The van der Waals surface area contributed by atoms with Crippen LogP contribution >= 0.6 is 15.9 Å². The van der Waals surface area contributed by atoms with Crippen molar-refractivity contribution in [2.45, 2.75) is 0 Å². The Morgan fingerprint density at radius 2 is 2.09 bits per heavy atom. The second-order valence-corrected chi connectivity index (χ2v) is 3.19. The fourth-order valence-electron chi connectivity index (χ4n) is 1.11. The summed E-state index contributed by atoms with van der Waals surface area (Å²) in [7, 11) is 0. The second kappa shape index (κ2) is 2.27. The summed E-state index contributed by atoms with van der Waals surface area (Å²) < 4.78 is 0.992.